The number of hydrogen-bond acceptors (Lipinski definition) is 6. The number of carbonyl (C=O) groups excluding carboxylic acids is 2. The smallest absolute Gasteiger partial charge is 0.289 e. The van der Waals surface area contributed by atoms with Gasteiger partial charge in [0.25, 0.3) is 11.8 Å². The molecule has 8 nitrogen and oxygen atoms in total. The lowest BCUT2D eigenvalue weighted by Gasteiger charge is -2.35. The number of amides is 2. The van der Waals surface area contributed by atoms with E-state index in [0.29, 0.717) is 48.6 Å². The van der Waals surface area contributed by atoms with Crippen LogP contribution in [-0.4, -0.2) is 54.0 Å². The van der Waals surface area contributed by atoms with Crippen molar-refractivity contribution in [3.8, 4) is 11.5 Å². The lowest BCUT2D eigenvalue weighted by Crippen LogP contribution is -2.49. The van der Waals surface area contributed by atoms with Crippen LogP contribution in [0.3, 0.4) is 0 Å². The van der Waals surface area contributed by atoms with E-state index >= 15 is 0 Å². The van der Waals surface area contributed by atoms with Crippen molar-refractivity contribution < 1.29 is 23.5 Å². The minimum absolute atomic E-state index is 0.0465. The summed E-state index contributed by atoms with van der Waals surface area (Å²) in [6.45, 7) is 5.53. The molecule has 1 saturated heterocycles. The van der Waals surface area contributed by atoms with E-state index in [2.05, 4.69) is 10.3 Å². The number of nitrogens with zero attached hydrogens (tertiary/aromatic N) is 2. The van der Waals surface area contributed by atoms with Gasteiger partial charge in [-0.15, -0.1) is 0 Å². The zero-order valence-corrected chi connectivity index (χ0v) is 16.6. The molecule has 8 heteroatoms. The number of ether oxygens (including phenoxy) is 2. The van der Waals surface area contributed by atoms with Crippen molar-refractivity contribution in [3.05, 3.63) is 41.6 Å². The molecule has 3 heterocycles. The highest BCUT2D eigenvalue weighted by Gasteiger charge is 2.33. The Balaban J connectivity index is 1.25. The van der Waals surface area contributed by atoms with Gasteiger partial charge in [-0.2, -0.15) is 0 Å². The van der Waals surface area contributed by atoms with Crippen LogP contribution in [0.1, 0.15) is 35.0 Å². The van der Waals surface area contributed by atoms with Gasteiger partial charge in [0, 0.05) is 26.6 Å². The van der Waals surface area contributed by atoms with Crippen LogP contribution < -0.4 is 14.8 Å². The van der Waals surface area contributed by atoms with Crippen LogP contribution in [0.2, 0.25) is 0 Å². The van der Waals surface area contributed by atoms with Gasteiger partial charge in [-0.3, -0.25) is 9.59 Å². The molecular weight excluding hydrogens is 374 g/mol. The number of likely N-dealkylation sites (tertiary alicyclic amines) is 1. The summed E-state index contributed by atoms with van der Waals surface area (Å²) in [6, 6.07) is 7.37. The van der Waals surface area contributed by atoms with Crippen molar-refractivity contribution in [1.29, 1.82) is 0 Å². The lowest BCUT2D eigenvalue weighted by atomic mass is 9.96. The molecule has 1 aromatic heterocycles. The predicted molar refractivity (Wildman–Crippen MR) is 104 cm³/mol. The molecule has 29 heavy (non-hydrogen) atoms. The summed E-state index contributed by atoms with van der Waals surface area (Å²) in [7, 11) is 0. The molecule has 2 amide bonds. The highest BCUT2D eigenvalue weighted by Crippen LogP contribution is 2.31. The summed E-state index contributed by atoms with van der Waals surface area (Å²) in [5, 5.41) is 2.92. The molecule has 1 aromatic carbocycles. The van der Waals surface area contributed by atoms with Crippen molar-refractivity contribution >= 4 is 11.8 Å². The fourth-order valence-electron chi connectivity index (χ4n) is 3.76. The van der Waals surface area contributed by atoms with Gasteiger partial charge in [-0.05, 0) is 37.8 Å². The molecular formula is C21H25N3O5. The quantitative estimate of drug-likeness (QED) is 0.846. The molecule has 2 aromatic rings. The van der Waals surface area contributed by atoms with Crippen LogP contribution in [0.15, 0.2) is 28.7 Å². The second kappa shape index (κ2) is 8.14. The van der Waals surface area contributed by atoms with Crippen molar-refractivity contribution in [2.75, 3.05) is 26.2 Å². The van der Waals surface area contributed by atoms with Gasteiger partial charge in [-0.25, -0.2) is 4.98 Å². The number of piperidine rings is 1. The Morgan fingerprint density at radius 3 is 2.59 bits per heavy atom. The minimum atomic E-state index is -0.612. The minimum Gasteiger partial charge on any atom is -0.485 e. The van der Waals surface area contributed by atoms with Gasteiger partial charge in [0.1, 0.15) is 6.61 Å². The first-order valence-electron chi connectivity index (χ1n) is 9.90. The van der Waals surface area contributed by atoms with E-state index in [1.165, 1.54) is 0 Å². The van der Waals surface area contributed by atoms with Gasteiger partial charge >= 0.3 is 0 Å². The van der Waals surface area contributed by atoms with Crippen LogP contribution in [0.25, 0.3) is 0 Å². The van der Waals surface area contributed by atoms with Crippen LogP contribution in [0.5, 0.6) is 11.5 Å². The molecule has 0 radical (unpaired) electrons. The van der Waals surface area contributed by atoms with Gasteiger partial charge in [0.15, 0.2) is 17.4 Å². The van der Waals surface area contributed by atoms with E-state index in [9.17, 15) is 9.59 Å². The van der Waals surface area contributed by atoms with Crippen molar-refractivity contribution in [2.45, 2.75) is 32.8 Å². The summed E-state index contributed by atoms with van der Waals surface area (Å²) in [5.41, 5.74) is 0.594. The monoisotopic (exact) mass is 399 g/mol. The van der Waals surface area contributed by atoms with Gasteiger partial charge in [0.05, 0.1) is 5.69 Å². The van der Waals surface area contributed by atoms with Crippen LogP contribution in [0.4, 0.5) is 0 Å². The van der Waals surface area contributed by atoms with Crippen molar-refractivity contribution in [2.24, 2.45) is 5.92 Å². The van der Waals surface area contributed by atoms with Gasteiger partial charge in [-0.1, -0.05) is 12.1 Å². The summed E-state index contributed by atoms with van der Waals surface area (Å²) in [4.78, 5) is 31.0. The average Bonchev–Trinajstić information content (AvgIpc) is 3.09. The Kier molecular flexibility index (Phi) is 5.42. The van der Waals surface area contributed by atoms with Crippen LogP contribution in [0, 0.1) is 19.8 Å². The maximum Gasteiger partial charge on any atom is 0.289 e. The molecule has 2 aliphatic heterocycles. The first kappa shape index (κ1) is 19.3. The Morgan fingerprint density at radius 2 is 1.90 bits per heavy atom. The van der Waals surface area contributed by atoms with E-state index in [1.807, 2.05) is 23.1 Å². The van der Waals surface area contributed by atoms with Crippen molar-refractivity contribution in [1.82, 2.24) is 15.2 Å². The van der Waals surface area contributed by atoms with Gasteiger partial charge in [0.2, 0.25) is 11.9 Å². The molecule has 1 N–H and O–H groups in total. The van der Waals surface area contributed by atoms with E-state index in [0.717, 1.165) is 12.8 Å². The third kappa shape index (κ3) is 4.21. The first-order valence-corrected chi connectivity index (χ1v) is 9.90. The zero-order chi connectivity index (χ0) is 20.4. The number of carbonyl (C=O) groups is 2. The Bertz CT molecular complexity index is 901. The van der Waals surface area contributed by atoms with E-state index in [1.54, 1.807) is 19.9 Å². The van der Waals surface area contributed by atoms with Crippen LogP contribution in [-0.2, 0) is 4.79 Å². The van der Waals surface area contributed by atoms with E-state index in [4.69, 9.17) is 13.9 Å². The number of para-hydroxylation sites is 2. The van der Waals surface area contributed by atoms with E-state index < -0.39 is 6.10 Å². The number of aryl methyl sites for hydroxylation is 2. The summed E-state index contributed by atoms with van der Waals surface area (Å²) < 4.78 is 16.8. The third-order valence-electron chi connectivity index (χ3n) is 5.37. The molecule has 0 saturated carbocycles. The molecule has 1 unspecified atom stereocenters. The fourth-order valence-corrected chi connectivity index (χ4v) is 3.76. The summed E-state index contributed by atoms with van der Waals surface area (Å²) in [5.74, 6) is 2.05. The van der Waals surface area contributed by atoms with Crippen LogP contribution >= 0.6 is 0 Å². The zero-order valence-electron chi connectivity index (χ0n) is 16.6. The first-order chi connectivity index (χ1) is 14.0. The summed E-state index contributed by atoms with van der Waals surface area (Å²) >= 11 is 0. The maximum absolute atomic E-state index is 12.8. The fraction of sp³-hybridized carbons (Fsp3) is 0.476. The number of nitrogens with one attached hydrogen (secondary N) is 1. The summed E-state index contributed by atoms with van der Waals surface area (Å²) in [6.07, 6.45) is 1.04. The molecule has 154 valence electrons. The number of aromatic nitrogens is 1. The second-order valence-corrected chi connectivity index (χ2v) is 7.49. The highest BCUT2D eigenvalue weighted by atomic mass is 16.6. The number of oxazole rings is 1. The topological polar surface area (TPSA) is 93.9 Å². The maximum atomic E-state index is 12.8. The average molecular weight is 399 g/mol. The SMILES string of the molecule is Cc1nc(C)c(C(=O)NCC2CCN(C(=O)C3COc4ccccc4O3)CC2)o1. The number of benzene rings is 1. The Morgan fingerprint density at radius 1 is 1.17 bits per heavy atom. The molecule has 1 fully saturated rings. The Labute approximate surface area is 169 Å². The predicted octanol–water partition coefficient (Wildman–Crippen LogP) is 2.10. The van der Waals surface area contributed by atoms with Gasteiger partial charge < -0.3 is 24.1 Å². The molecule has 2 aliphatic rings. The second-order valence-electron chi connectivity index (χ2n) is 7.49. The molecule has 4 rings (SSSR count). The number of hydrogen-bond donors (Lipinski definition) is 1. The third-order valence-corrected chi connectivity index (χ3v) is 5.37. The molecule has 0 aliphatic carbocycles. The molecule has 0 spiro atoms. The normalized spacial score (nSPS) is 19.1. The standard InChI is InChI=1S/C21H25N3O5/c1-13-19(28-14(2)23-13)20(25)22-11-15-7-9-24(10-8-15)21(26)18-12-27-16-5-3-4-6-17(16)29-18/h3-6,15,18H,7-12H2,1-2H3,(H,22,25). The molecule has 1 atom stereocenters. The lowest BCUT2D eigenvalue weighted by molar-refractivity contribution is -0.142. The van der Waals surface area contributed by atoms with Crippen molar-refractivity contribution in [3.63, 3.8) is 0 Å². The van der Waals surface area contributed by atoms with E-state index in [-0.39, 0.29) is 24.2 Å². The largest absolute Gasteiger partial charge is 0.485 e. The number of rotatable bonds is 4. The highest BCUT2D eigenvalue weighted by molar-refractivity contribution is 5.92. The Hall–Kier alpha value is -3.03. The molecule has 0 bridgehead atoms. The number of fused-ring (bicyclic) bond motifs is 1.